The highest BCUT2D eigenvalue weighted by molar-refractivity contribution is 5.87. The molecule has 0 saturated heterocycles. The first-order valence-corrected chi connectivity index (χ1v) is 8.14. The number of carboxylic acid groups (broad SMARTS) is 1. The predicted molar refractivity (Wildman–Crippen MR) is 93.3 cm³/mol. The number of aromatic carboxylic acids is 1. The SMILES string of the molecule is O=C(O)c1nc(-c2ccccc2)oc1CCCOCc1ccccc1. The van der Waals surface area contributed by atoms with Gasteiger partial charge in [0.2, 0.25) is 5.89 Å². The van der Waals surface area contributed by atoms with E-state index in [1.54, 1.807) is 0 Å². The van der Waals surface area contributed by atoms with Gasteiger partial charge in [0, 0.05) is 18.6 Å². The number of nitrogens with zero attached hydrogens (tertiary/aromatic N) is 1. The molecule has 0 amide bonds. The number of hydrogen-bond acceptors (Lipinski definition) is 4. The van der Waals surface area contributed by atoms with E-state index in [0.717, 1.165) is 11.1 Å². The summed E-state index contributed by atoms with van der Waals surface area (Å²) in [6, 6.07) is 19.2. The lowest BCUT2D eigenvalue weighted by atomic mass is 10.2. The molecular weight excluding hydrogens is 318 g/mol. The Labute approximate surface area is 145 Å². The van der Waals surface area contributed by atoms with E-state index in [1.807, 2.05) is 60.7 Å². The van der Waals surface area contributed by atoms with Crippen molar-refractivity contribution in [3.8, 4) is 11.5 Å². The quantitative estimate of drug-likeness (QED) is 0.624. The fourth-order valence-corrected chi connectivity index (χ4v) is 2.49. The normalized spacial score (nSPS) is 10.7. The van der Waals surface area contributed by atoms with Crippen LogP contribution in [0.4, 0.5) is 0 Å². The molecule has 0 spiro atoms. The summed E-state index contributed by atoms with van der Waals surface area (Å²) in [6.45, 7) is 1.06. The van der Waals surface area contributed by atoms with Crippen LogP contribution in [0.5, 0.6) is 0 Å². The second-order valence-corrected chi connectivity index (χ2v) is 5.60. The minimum Gasteiger partial charge on any atom is -0.476 e. The highest BCUT2D eigenvalue weighted by Gasteiger charge is 2.19. The highest BCUT2D eigenvalue weighted by Crippen LogP contribution is 2.23. The molecule has 0 bridgehead atoms. The van der Waals surface area contributed by atoms with Gasteiger partial charge in [-0.15, -0.1) is 0 Å². The van der Waals surface area contributed by atoms with Gasteiger partial charge in [-0.3, -0.25) is 0 Å². The summed E-state index contributed by atoms with van der Waals surface area (Å²) in [5.41, 5.74) is 1.85. The van der Waals surface area contributed by atoms with Gasteiger partial charge in [0.1, 0.15) is 5.76 Å². The molecule has 3 rings (SSSR count). The van der Waals surface area contributed by atoms with Crippen LogP contribution in [0.15, 0.2) is 65.1 Å². The van der Waals surface area contributed by atoms with Crippen LogP contribution in [-0.4, -0.2) is 22.7 Å². The molecule has 0 aliphatic carbocycles. The third-order valence-corrected chi connectivity index (χ3v) is 3.72. The van der Waals surface area contributed by atoms with E-state index in [4.69, 9.17) is 9.15 Å². The van der Waals surface area contributed by atoms with Crippen LogP contribution >= 0.6 is 0 Å². The number of oxazole rings is 1. The van der Waals surface area contributed by atoms with E-state index in [2.05, 4.69) is 4.98 Å². The Kier molecular flexibility index (Phi) is 5.59. The smallest absolute Gasteiger partial charge is 0.358 e. The molecular formula is C20H19NO4. The number of benzene rings is 2. The molecule has 1 heterocycles. The largest absolute Gasteiger partial charge is 0.476 e. The van der Waals surface area contributed by atoms with Gasteiger partial charge >= 0.3 is 5.97 Å². The second-order valence-electron chi connectivity index (χ2n) is 5.60. The first kappa shape index (κ1) is 16.9. The first-order chi connectivity index (χ1) is 12.2. The van der Waals surface area contributed by atoms with Crippen molar-refractivity contribution in [2.45, 2.75) is 19.4 Å². The van der Waals surface area contributed by atoms with Gasteiger partial charge in [-0.25, -0.2) is 9.78 Å². The number of ether oxygens (including phenoxy) is 1. The van der Waals surface area contributed by atoms with Crippen molar-refractivity contribution in [3.05, 3.63) is 77.7 Å². The van der Waals surface area contributed by atoms with Crippen molar-refractivity contribution in [1.82, 2.24) is 4.98 Å². The Morgan fingerprint density at radius 2 is 1.72 bits per heavy atom. The first-order valence-electron chi connectivity index (χ1n) is 8.14. The lowest BCUT2D eigenvalue weighted by Crippen LogP contribution is -2.03. The molecule has 0 radical (unpaired) electrons. The summed E-state index contributed by atoms with van der Waals surface area (Å²) in [4.78, 5) is 15.5. The van der Waals surface area contributed by atoms with Crippen LogP contribution < -0.4 is 0 Å². The molecule has 0 fully saturated rings. The summed E-state index contributed by atoms with van der Waals surface area (Å²) >= 11 is 0. The number of rotatable bonds is 8. The van der Waals surface area contributed by atoms with Gasteiger partial charge < -0.3 is 14.3 Å². The zero-order valence-electron chi connectivity index (χ0n) is 13.7. The molecule has 1 N–H and O–H groups in total. The Morgan fingerprint density at radius 3 is 2.40 bits per heavy atom. The van der Waals surface area contributed by atoms with E-state index >= 15 is 0 Å². The third-order valence-electron chi connectivity index (χ3n) is 3.72. The zero-order valence-corrected chi connectivity index (χ0v) is 13.7. The van der Waals surface area contributed by atoms with Crippen LogP contribution in [0.25, 0.3) is 11.5 Å². The predicted octanol–water partition coefficient (Wildman–Crippen LogP) is 4.19. The van der Waals surface area contributed by atoms with Crippen molar-refractivity contribution in [2.24, 2.45) is 0 Å². The van der Waals surface area contributed by atoms with Crippen molar-refractivity contribution >= 4 is 5.97 Å². The van der Waals surface area contributed by atoms with E-state index in [0.29, 0.717) is 37.7 Å². The molecule has 0 unspecified atom stereocenters. The Balaban J connectivity index is 1.58. The van der Waals surface area contributed by atoms with Crippen LogP contribution in [-0.2, 0) is 17.8 Å². The Bertz CT molecular complexity index is 812. The Morgan fingerprint density at radius 1 is 1.04 bits per heavy atom. The summed E-state index contributed by atoms with van der Waals surface area (Å²) < 4.78 is 11.3. The Hall–Kier alpha value is -2.92. The number of carbonyl (C=O) groups is 1. The van der Waals surface area contributed by atoms with Gasteiger partial charge in [0.25, 0.3) is 0 Å². The molecule has 0 atom stereocenters. The van der Waals surface area contributed by atoms with E-state index in [9.17, 15) is 9.90 Å². The molecule has 5 heteroatoms. The maximum absolute atomic E-state index is 11.4. The van der Waals surface area contributed by atoms with E-state index < -0.39 is 5.97 Å². The maximum Gasteiger partial charge on any atom is 0.358 e. The van der Waals surface area contributed by atoms with E-state index in [1.165, 1.54) is 0 Å². The summed E-state index contributed by atoms with van der Waals surface area (Å²) in [6.07, 6.45) is 1.13. The lowest BCUT2D eigenvalue weighted by Gasteiger charge is -2.03. The number of aryl methyl sites for hydroxylation is 1. The number of hydrogen-bond donors (Lipinski definition) is 1. The average molecular weight is 337 g/mol. The monoisotopic (exact) mass is 337 g/mol. The minimum absolute atomic E-state index is 0.0260. The van der Waals surface area contributed by atoms with Crippen molar-refractivity contribution < 1.29 is 19.1 Å². The highest BCUT2D eigenvalue weighted by atomic mass is 16.5. The van der Waals surface area contributed by atoms with Gasteiger partial charge in [-0.2, -0.15) is 0 Å². The molecule has 3 aromatic rings. The molecule has 25 heavy (non-hydrogen) atoms. The molecule has 0 aliphatic heterocycles. The fraction of sp³-hybridized carbons (Fsp3) is 0.200. The number of aromatic nitrogens is 1. The van der Waals surface area contributed by atoms with Gasteiger partial charge in [-0.05, 0) is 24.1 Å². The topological polar surface area (TPSA) is 72.6 Å². The summed E-state index contributed by atoms with van der Waals surface area (Å²) in [7, 11) is 0. The molecule has 5 nitrogen and oxygen atoms in total. The second kappa shape index (κ2) is 8.26. The number of carboxylic acids is 1. The molecule has 0 aliphatic rings. The molecule has 128 valence electrons. The summed E-state index contributed by atoms with van der Waals surface area (Å²) in [5, 5.41) is 9.32. The third kappa shape index (κ3) is 4.55. The van der Waals surface area contributed by atoms with Crippen LogP contribution in [0.3, 0.4) is 0 Å². The van der Waals surface area contributed by atoms with E-state index in [-0.39, 0.29) is 5.69 Å². The minimum atomic E-state index is -1.08. The van der Waals surface area contributed by atoms with Crippen molar-refractivity contribution in [1.29, 1.82) is 0 Å². The molecule has 2 aromatic carbocycles. The van der Waals surface area contributed by atoms with Gasteiger partial charge in [0.05, 0.1) is 6.61 Å². The lowest BCUT2D eigenvalue weighted by molar-refractivity contribution is 0.0688. The van der Waals surface area contributed by atoms with Gasteiger partial charge in [-0.1, -0.05) is 48.5 Å². The van der Waals surface area contributed by atoms with Crippen LogP contribution in [0.2, 0.25) is 0 Å². The van der Waals surface area contributed by atoms with Crippen LogP contribution in [0, 0.1) is 0 Å². The fourth-order valence-electron chi connectivity index (χ4n) is 2.49. The standard InChI is InChI=1S/C20H19NO4/c22-20(23)18-17(25-19(21-18)16-10-5-2-6-11-16)12-7-13-24-14-15-8-3-1-4-9-15/h1-6,8-11H,7,12-14H2,(H,22,23). The molecule has 0 saturated carbocycles. The van der Waals surface area contributed by atoms with Crippen LogP contribution in [0.1, 0.15) is 28.2 Å². The van der Waals surface area contributed by atoms with Gasteiger partial charge in [0.15, 0.2) is 5.69 Å². The van der Waals surface area contributed by atoms with Crippen molar-refractivity contribution in [3.63, 3.8) is 0 Å². The average Bonchev–Trinajstić information content (AvgIpc) is 3.08. The zero-order chi connectivity index (χ0) is 17.5. The van der Waals surface area contributed by atoms with Crippen molar-refractivity contribution in [2.75, 3.05) is 6.61 Å². The summed E-state index contributed by atoms with van der Waals surface area (Å²) in [5.74, 6) is -0.362. The molecule has 1 aromatic heterocycles. The maximum atomic E-state index is 11.4.